The van der Waals surface area contributed by atoms with E-state index in [4.69, 9.17) is 5.11 Å². The van der Waals surface area contributed by atoms with E-state index >= 15 is 0 Å². The highest BCUT2D eigenvalue weighted by Crippen LogP contribution is 2.00. The first-order valence-corrected chi connectivity index (χ1v) is 5.66. The molecule has 0 fully saturated rings. The molecular formula is C11H22N2O3. The number of carbonyl (C=O) groups excluding carboxylic acids is 1. The van der Waals surface area contributed by atoms with Crippen molar-refractivity contribution in [3.63, 3.8) is 0 Å². The summed E-state index contributed by atoms with van der Waals surface area (Å²) in [7, 11) is 1.64. The van der Waals surface area contributed by atoms with Crippen LogP contribution in [0.2, 0.25) is 0 Å². The molecule has 5 nitrogen and oxygen atoms in total. The summed E-state index contributed by atoms with van der Waals surface area (Å²) >= 11 is 0. The van der Waals surface area contributed by atoms with E-state index in [1.165, 1.54) is 0 Å². The number of carboxylic acids is 1. The number of hydrogen-bond acceptors (Lipinski definition) is 3. The average molecular weight is 230 g/mol. The Labute approximate surface area is 96.6 Å². The normalized spacial score (nSPS) is 12.5. The number of carbonyl (C=O) groups is 2. The Hall–Kier alpha value is -1.10. The second-order valence-corrected chi connectivity index (χ2v) is 4.12. The second kappa shape index (κ2) is 8.10. The van der Waals surface area contributed by atoms with Crippen LogP contribution in [0.5, 0.6) is 0 Å². The minimum Gasteiger partial charge on any atom is -0.480 e. The minimum absolute atomic E-state index is 0.00377. The van der Waals surface area contributed by atoms with Crippen LogP contribution >= 0.6 is 0 Å². The van der Waals surface area contributed by atoms with E-state index < -0.39 is 12.0 Å². The van der Waals surface area contributed by atoms with Gasteiger partial charge in [0.2, 0.25) is 5.91 Å². The van der Waals surface area contributed by atoms with Crippen molar-refractivity contribution in [2.45, 2.75) is 39.2 Å². The zero-order chi connectivity index (χ0) is 12.6. The van der Waals surface area contributed by atoms with Crippen molar-refractivity contribution < 1.29 is 14.7 Å². The number of nitrogens with one attached hydrogen (secondary N) is 2. The first kappa shape index (κ1) is 14.9. The Balaban J connectivity index is 3.53. The van der Waals surface area contributed by atoms with Gasteiger partial charge in [0, 0.05) is 12.5 Å². The van der Waals surface area contributed by atoms with E-state index in [2.05, 4.69) is 10.6 Å². The average Bonchev–Trinajstić information content (AvgIpc) is 2.22. The Bertz CT molecular complexity index is 229. The smallest absolute Gasteiger partial charge is 0.320 e. The topological polar surface area (TPSA) is 78.4 Å². The molecule has 0 aliphatic heterocycles. The molecule has 0 aromatic heterocycles. The Kier molecular flexibility index (Phi) is 7.54. The number of likely N-dealkylation sites (N-methyl/N-ethyl adjacent to an activating group) is 1. The number of amides is 1. The molecule has 0 aliphatic carbocycles. The molecule has 5 heteroatoms. The van der Waals surface area contributed by atoms with Crippen LogP contribution in [-0.2, 0) is 9.59 Å². The van der Waals surface area contributed by atoms with Crippen LogP contribution < -0.4 is 10.6 Å². The summed E-state index contributed by atoms with van der Waals surface area (Å²) < 4.78 is 0. The van der Waals surface area contributed by atoms with Crippen LogP contribution in [0.25, 0.3) is 0 Å². The lowest BCUT2D eigenvalue weighted by Crippen LogP contribution is -2.34. The van der Waals surface area contributed by atoms with Crippen molar-refractivity contribution in [1.82, 2.24) is 10.6 Å². The lowest BCUT2D eigenvalue weighted by atomic mass is 10.1. The molecule has 0 rings (SSSR count). The molecule has 0 saturated heterocycles. The van der Waals surface area contributed by atoms with Gasteiger partial charge >= 0.3 is 5.97 Å². The zero-order valence-corrected chi connectivity index (χ0v) is 10.2. The number of hydrogen-bond donors (Lipinski definition) is 3. The molecule has 94 valence electrons. The predicted molar refractivity (Wildman–Crippen MR) is 62.2 cm³/mol. The molecule has 0 unspecified atom stereocenters. The third-order valence-electron chi connectivity index (χ3n) is 2.39. The van der Waals surface area contributed by atoms with Gasteiger partial charge in [0.1, 0.15) is 6.04 Å². The number of rotatable bonds is 8. The first-order valence-electron chi connectivity index (χ1n) is 5.66. The van der Waals surface area contributed by atoms with Crippen LogP contribution in [0.3, 0.4) is 0 Å². The lowest BCUT2D eigenvalue weighted by molar-refractivity contribution is -0.139. The van der Waals surface area contributed by atoms with E-state index in [1.54, 1.807) is 7.05 Å². The van der Waals surface area contributed by atoms with E-state index in [0.717, 1.165) is 12.8 Å². The molecule has 0 spiro atoms. The first-order chi connectivity index (χ1) is 7.49. The minimum atomic E-state index is -0.825. The summed E-state index contributed by atoms with van der Waals surface area (Å²) in [6.07, 6.45) is 2.18. The maximum Gasteiger partial charge on any atom is 0.320 e. The van der Waals surface area contributed by atoms with Gasteiger partial charge in [0.25, 0.3) is 0 Å². The van der Waals surface area contributed by atoms with Crippen molar-refractivity contribution in [2.75, 3.05) is 13.6 Å². The summed E-state index contributed by atoms with van der Waals surface area (Å²) in [6.45, 7) is 4.31. The molecule has 0 aromatic carbocycles. The van der Waals surface area contributed by atoms with Crippen LogP contribution in [0, 0.1) is 5.92 Å². The second-order valence-electron chi connectivity index (χ2n) is 4.12. The van der Waals surface area contributed by atoms with Crippen molar-refractivity contribution in [1.29, 1.82) is 0 Å². The van der Waals surface area contributed by atoms with Crippen LogP contribution in [0.1, 0.15) is 33.1 Å². The number of unbranched alkanes of at least 4 members (excludes halogenated alkanes) is 1. The fourth-order valence-electron chi connectivity index (χ4n) is 1.28. The van der Waals surface area contributed by atoms with Gasteiger partial charge in [-0.25, -0.2) is 0 Å². The highest BCUT2D eigenvalue weighted by atomic mass is 16.4. The molecular weight excluding hydrogens is 208 g/mol. The van der Waals surface area contributed by atoms with Gasteiger partial charge < -0.3 is 15.7 Å². The summed E-state index contributed by atoms with van der Waals surface area (Å²) in [4.78, 5) is 21.8. The molecule has 1 atom stereocenters. The quantitative estimate of drug-likeness (QED) is 0.534. The lowest BCUT2D eigenvalue weighted by Gasteiger charge is -2.11. The molecule has 0 bridgehead atoms. The number of aliphatic carboxylic acids is 1. The summed E-state index contributed by atoms with van der Waals surface area (Å²) in [5, 5.41) is 14.3. The van der Waals surface area contributed by atoms with Crippen LogP contribution in [0.15, 0.2) is 0 Å². The molecule has 0 aromatic rings. The zero-order valence-electron chi connectivity index (χ0n) is 10.2. The van der Waals surface area contributed by atoms with Gasteiger partial charge in [0.05, 0.1) is 0 Å². The molecule has 3 N–H and O–H groups in total. The van der Waals surface area contributed by atoms with Crippen LogP contribution in [-0.4, -0.2) is 36.6 Å². The summed E-state index contributed by atoms with van der Waals surface area (Å²) in [5.41, 5.74) is 0. The van der Waals surface area contributed by atoms with Crippen molar-refractivity contribution in [3.05, 3.63) is 0 Å². The third-order valence-corrected chi connectivity index (χ3v) is 2.39. The SMILES string of the molecule is CN[C@@H](CCCCNC(=O)C(C)C)C(=O)O. The van der Waals surface area contributed by atoms with Gasteiger partial charge in [-0.1, -0.05) is 13.8 Å². The molecule has 0 saturated carbocycles. The Morgan fingerprint density at radius 3 is 2.31 bits per heavy atom. The maximum atomic E-state index is 11.2. The fraction of sp³-hybridized carbons (Fsp3) is 0.818. The summed E-state index contributed by atoms with van der Waals surface area (Å²) in [6, 6.07) is -0.485. The van der Waals surface area contributed by atoms with Crippen molar-refractivity contribution >= 4 is 11.9 Å². The van der Waals surface area contributed by atoms with E-state index in [9.17, 15) is 9.59 Å². The summed E-state index contributed by atoms with van der Waals surface area (Å²) in [5.74, 6) is -0.777. The van der Waals surface area contributed by atoms with E-state index in [0.29, 0.717) is 13.0 Å². The van der Waals surface area contributed by atoms with Crippen LogP contribution in [0.4, 0.5) is 0 Å². The number of carboxylic acid groups (broad SMARTS) is 1. The van der Waals surface area contributed by atoms with Gasteiger partial charge in [-0.3, -0.25) is 9.59 Å². The van der Waals surface area contributed by atoms with Gasteiger partial charge in [-0.15, -0.1) is 0 Å². The largest absolute Gasteiger partial charge is 0.480 e. The highest BCUT2D eigenvalue weighted by Gasteiger charge is 2.13. The standard InChI is InChI=1S/C11H22N2O3/c1-8(2)10(14)13-7-5-4-6-9(12-3)11(15)16/h8-9,12H,4-7H2,1-3H3,(H,13,14)(H,15,16)/t9-/m0/s1. The molecule has 16 heavy (non-hydrogen) atoms. The maximum absolute atomic E-state index is 11.2. The predicted octanol–water partition coefficient (Wildman–Crippen LogP) is 0.601. The van der Waals surface area contributed by atoms with Gasteiger partial charge in [-0.05, 0) is 26.3 Å². The van der Waals surface area contributed by atoms with Gasteiger partial charge in [-0.2, -0.15) is 0 Å². The molecule has 0 heterocycles. The molecule has 0 aliphatic rings. The molecule has 0 radical (unpaired) electrons. The fourth-order valence-corrected chi connectivity index (χ4v) is 1.28. The van der Waals surface area contributed by atoms with E-state index in [-0.39, 0.29) is 11.8 Å². The monoisotopic (exact) mass is 230 g/mol. The van der Waals surface area contributed by atoms with Crippen molar-refractivity contribution in [3.8, 4) is 0 Å². The molecule has 1 amide bonds. The van der Waals surface area contributed by atoms with Gasteiger partial charge in [0.15, 0.2) is 0 Å². The Morgan fingerprint density at radius 1 is 1.25 bits per heavy atom. The Morgan fingerprint density at radius 2 is 1.88 bits per heavy atom. The van der Waals surface area contributed by atoms with E-state index in [1.807, 2.05) is 13.8 Å². The van der Waals surface area contributed by atoms with Crippen molar-refractivity contribution in [2.24, 2.45) is 5.92 Å². The third kappa shape index (κ3) is 6.40. The highest BCUT2D eigenvalue weighted by molar-refractivity contribution is 5.77.